The fourth-order valence-corrected chi connectivity index (χ4v) is 1.99. The Hall–Kier alpha value is -0.940. The second-order valence-corrected chi connectivity index (χ2v) is 4.77. The van der Waals surface area contributed by atoms with Gasteiger partial charge in [-0.25, -0.2) is 4.98 Å². The summed E-state index contributed by atoms with van der Waals surface area (Å²) < 4.78 is 0. The van der Waals surface area contributed by atoms with Gasteiger partial charge in [-0.15, -0.1) is 11.3 Å². The van der Waals surface area contributed by atoms with Crippen LogP contribution in [0.15, 0.2) is 5.38 Å². The van der Waals surface area contributed by atoms with E-state index in [0.29, 0.717) is 11.7 Å². The quantitative estimate of drug-likeness (QED) is 0.796. The monoisotopic (exact) mass is 225 g/mol. The maximum atomic E-state index is 11.4. The lowest BCUT2D eigenvalue weighted by molar-refractivity contribution is -0.115. The molecule has 1 fully saturated rings. The predicted molar refractivity (Wildman–Crippen MR) is 61.1 cm³/mol. The number of carbonyl (C=O) groups is 1. The maximum Gasteiger partial charge on any atom is 0.240 e. The predicted octanol–water partition coefficient (Wildman–Crippen LogP) is 1.39. The summed E-state index contributed by atoms with van der Waals surface area (Å²) in [6.07, 6.45) is 2.61. The Morgan fingerprint density at radius 3 is 3.07 bits per heavy atom. The number of anilines is 1. The van der Waals surface area contributed by atoms with Gasteiger partial charge in [-0.1, -0.05) is 0 Å². The lowest BCUT2D eigenvalue weighted by atomic mass is 10.4. The zero-order valence-electron chi connectivity index (χ0n) is 8.75. The van der Waals surface area contributed by atoms with E-state index in [2.05, 4.69) is 15.6 Å². The molecular weight excluding hydrogens is 210 g/mol. The molecule has 0 radical (unpaired) electrons. The molecule has 1 aliphatic carbocycles. The van der Waals surface area contributed by atoms with Gasteiger partial charge in [0.05, 0.1) is 12.2 Å². The van der Waals surface area contributed by atoms with Crippen LogP contribution in [0.4, 0.5) is 5.13 Å². The molecule has 1 heterocycles. The highest BCUT2D eigenvalue weighted by Crippen LogP contribution is 2.27. The molecule has 82 valence electrons. The summed E-state index contributed by atoms with van der Waals surface area (Å²) in [6, 6.07) is 0. The van der Waals surface area contributed by atoms with Crippen LogP contribution < -0.4 is 10.6 Å². The number of hydrogen-bond donors (Lipinski definition) is 2. The highest BCUT2D eigenvalue weighted by atomic mass is 32.1. The number of amides is 1. The lowest BCUT2D eigenvalue weighted by Gasteiger charge is -2.02. The minimum Gasteiger partial charge on any atom is -0.308 e. The summed E-state index contributed by atoms with van der Waals surface area (Å²) in [5.41, 5.74) is 0.946. The largest absolute Gasteiger partial charge is 0.308 e. The van der Waals surface area contributed by atoms with Gasteiger partial charge >= 0.3 is 0 Å². The molecule has 1 amide bonds. The van der Waals surface area contributed by atoms with E-state index in [0.717, 1.165) is 18.2 Å². The smallest absolute Gasteiger partial charge is 0.240 e. The summed E-state index contributed by atoms with van der Waals surface area (Å²) in [6.45, 7) is 3.26. The standard InChI is InChI=1S/C10H15N3OS/c1-7-6-15-10(12-7)13-9(14)5-11-4-8-2-3-8/h6,8,11H,2-5H2,1H3,(H,12,13,14). The van der Waals surface area contributed by atoms with E-state index in [4.69, 9.17) is 0 Å². The van der Waals surface area contributed by atoms with E-state index in [1.54, 1.807) is 0 Å². The summed E-state index contributed by atoms with van der Waals surface area (Å²) >= 11 is 1.46. The molecule has 0 spiro atoms. The van der Waals surface area contributed by atoms with E-state index >= 15 is 0 Å². The van der Waals surface area contributed by atoms with Gasteiger partial charge in [-0.2, -0.15) is 0 Å². The average molecular weight is 225 g/mol. The van der Waals surface area contributed by atoms with Crippen molar-refractivity contribution in [3.8, 4) is 0 Å². The highest BCUT2D eigenvalue weighted by Gasteiger charge is 2.20. The number of thiazole rings is 1. The third-order valence-corrected chi connectivity index (χ3v) is 3.16. The minimum atomic E-state index is -0.00926. The third-order valence-electron chi connectivity index (χ3n) is 2.28. The fourth-order valence-electron chi connectivity index (χ4n) is 1.29. The van der Waals surface area contributed by atoms with Gasteiger partial charge in [0.1, 0.15) is 0 Å². The Morgan fingerprint density at radius 2 is 2.47 bits per heavy atom. The number of nitrogens with one attached hydrogen (secondary N) is 2. The first-order valence-electron chi connectivity index (χ1n) is 5.17. The van der Waals surface area contributed by atoms with Crippen molar-refractivity contribution in [2.24, 2.45) is 5.92 Å². The Kier molecular flexibility index (Phi) is 3.33. The van der Waals surface area contributed by atoms with Crippen molar-refractivity contribution in [2.45, 2.75) is 19.8 Å². The molecule has 0 unspecified atom stereocenters. The molecule has 0 saturated heterocycles. The molecule has 0 aliphatic heterocycles. The van der Waals surface area contributed by atoms with Crippen LogP contribution >= 0.6 is 11.3 Å². The molecule has 2 N–H and O–H groups in total. The Labute approximate surface area is 93.1 Å². The molecule has 4 nitrogen and oxygen atoms in total. The van der Waals surface area contributed by atoms with Crippen molar-refractivity contribution in [3.63, 3.8) is 0 Å². The SMILES string of the molecule is Cc1csc(NC(=O)CNCC2CC2)n1. The third kappa shape index (κ3) is 3.60. The van der Waals surface area contributed by atoms with Gasteiger partial charge in [0.2, 0.25) is 5.91 Å². The van der Waals surface area contributed by atoms with Gasteiger partial charge in [0, 0.05) is 5.38 Å². The van der Waals surface area contributed by atoms with E-state index < -0.39 is 0 Å². The van der Waals surface area contributed by atoms with Crippen LogP contribution in [0.2, 0.25) is 0 Å². The van der Waals surface area contributed by atoms with Crippen LogP contribution in [0.5, 0.6) is 0 Å². The summed E-state index contributed by atoms with van der Waals surface area (Å²) in [7, 11) is 0. The topological polar surface area (TPSA) is 54.0 Å². The molecule has 5 heteroatoms. The number of aromatic nitrogens is 1. The second-order valence-electron chi connectivity index (χ2n) is 3.92. The van der Waals surface area contributed by atoms with Crippen molar-refractivity contribution in [1.82, 2.24) is 10.3 Å². The first-order valence-corrected chi connectivity index (χ1v) is 6.04. The van der Waals surface area contributed by atoms with Crippen LogP contribution in [0.25, 0.3) is 0 Å². The van der Waals surface area contributed by atoms with E-state index in [-0.39, 0.29) is 5.91 Å². The van der Waals surface area contributed by atoms with Crippen molar-refractivity contribution in [1.29, 1.82) is 0 Å². The van der Waals surface area contributed by atoms with E-state index in [9.17, 15) is 4.79 Å². The number of rotatable bonds is 5. The molecule has 1 aliphatic rings. The molecule has 0 atom stereocenters. The number of hydrogen-bond acceptors (Lipinski definition) is 4. The Bertz CT molecular complexity index is 346. The molecule has 1 aromatic rings. The van der Waals surface area contributed by atoms with Gasteiger partial charge in [0.15, 0.2) is 5.13 Å². The summed E-state index contributed by atoms with van der Waals surface area (Å²) in [5, 5.41) is 8.51. The average Bonchev–Trinajstić information content (AvgIpc) is 2.91. The summed E-state index contributed by atoms with van der Waals surface area (Å²) in [4.78, 5) is 15.6. The first kappa shape index (κ1) is 10.6. The molecule has 0 aromatic carbocycles. The Balaban J connectivity index is 1.67. The molecule has 1 saturated carbocycles. The van der Waals surface area contributed by atoms with Gasteiger partial charge in [-0.3, -0.25) is 4.79 Å². The second kappa shape index (κ2) is 4.72. The lowest BCUT2D eigenvalue weighted by Crippen LogP contribution is -2.29. The van der Waals surface area contributed by atoms with Crippen LogP contribution in [0.3, 0.4) is 0 Å². The van der Waals surface area contributed by atoms with Gasteiger partial charge in [-0.05, 0) is 32.2 Å². The number of aryl methyl sites for hydroxylation is 1. The highest BCUT2D eigenvalue weighted by molar-refractivity contribution is 7.13. The molecule has 15 heavy (non-hydrogen) atoms. The van der Waals surface area contributed by atoms with Crippen molar-refractivity contribution < 1.29 is 4.79 Å². The molecule has 0 bridgehead atoms. The number of carbonyl (C=O) groups excluding carboxylic acids is 1. The van der Waals surface area contributed by atoms with Crippen molar-refractivity contribution in [2.75, 3.05) is 18.4 Å². The van der Waals surface area contributed by atoms with Crippen LogP contribution in [-0.2, 0) is 4.79 Å². The molecular formula is C10H15N3OS. The fraction of sp³-hybridized carbons (Fsp3) is 0.600. The Morgan fingerprint density at radius 1 is 1.67 bits per heavy atom. The van der Waals surface area contributed by atoms with Crippen molar-refractivity contribution in [3.05, 3.63) is 11.1 Å². The van der Waals surface area contributed by atoms with E-state index in [1.807, 2.05) is 12.3 Å². The minimum absolute atomic E-state index is 0.00926. The normalized spacial score (nSPS) is 15.3. The first-order chi connectivity index (χ1) is 7.24. The number of nitrogens with zero attached hydrogens (tertiary/aromatic N) is 1. The van der Waals surface area contributed by atoms with Crippen LogP contribution in [-0.4, -0.2) is 24.0 Å². The van der Waals surface area contributed by atoms with Crippen LogP contribution in [0, 0.1) is 12.8 Å². The van der Waals surface area contributed by atoms with Crippen LogP contribution in [0.1, 0.15) is 18.5 Å². The van der Waals surface area contributed by atoms with E-state index in [1.165, 1.54) is 24.2 Å². The van der Waals surface area contributed by atoms with Crippen molar-refractivity contribution >= 4 is 22.4 Å². The zero-order chi connectivity index (χ0) is 10.7. The molecule has 2 rings (SSSR count). The molecule has 1 aromatic heterocycles. The van der Waals surface area contributed by atoms with Gasteiger partial charge in [0.25, 0.3) is 0 Å². The zero-order valence-corrected chi connectivity index (χ0v) is 9.56. The maximum absolute atomic E-state index is 11.4. The van der Waals surface area contributed by atoms with Gasteiger partial charge < -0.3 is 10.6 Å². The summed E-state index contributed by atoms with van der Waals surface area (Å²) in [5.74, 6) is 0.796.